The van der Waals surface area contributed by atoms with E-state index in [-0.39, 0.29) is 6.03 Å². The van der Waals surface area contributed by atoms with Crippen LogP contribution in [0.5, 0.6) is 0 Å². The van der Waals surface area contributed by atoms with Crippen molar-refractivity contribution < 1.29 is 4.79 Å². The molecule has 0 aliphatic carbocycles. The molecule has 0 aromatic carbocycles. The lowest BCUT2D eigenvalue weighted by Gasteiger charge is -2.17. The van der Waals surface area contributed by atoms with Crippen LogP contribution >= 0.6 is 0 Å². The maximum Gasteiger partial charge on any atom is 0.321 e. The maximum absolute atomic E-state index is 11.6. The van der Waals surface area contributed by atoms with Crippen molar-refractivity contribution in [1.29, 1.82) is 0 Å². The number of hydrogen-bond donors (Lipinski definition) is 1. The standard InChI is InChI=1S/C11H17N3O/c1-3-4-7-13-11(15)14(2)10-5-8-12-9-6-10/h5-6,8-9H,3-4,7H2,1-2H3,(H,13,15). The van der Waals surface area contributed by atoms with E-state index in [9.17, 15) is 4.79 Å². The van der Waals surface area contributed by atoms with Crippen LogP contribution in [0.3, 0.4) is 0 Å². The van der Waals surface area contributed by atoms with Crippen molar-refractivity contribution in [3.8, 4) is 0 Å². The number of aromatic nitrogens is 1. The Morgan fingerprint density at radius 3 is 2.73 bits per heavy atom. The molecule has 1 aromatic rings. The van der Waals surface area contributed by atoms with Crippen molar-refractivity contribution in [2.24, 2.45) is 0 Å². The van der Waals surface area contributed by atoms with Gasteiger partial charge in [0.05, 0.1) is 0 Å². The van der Waals surface area contributed by atoms with Crippen molar-refractivity contribution in [2.45, 2.75) is 19.8 Å². The van der Waals surface area contributed by atoms with Crippen LogP contribution in [0.4, 0.5) is 10.5 Å². The first kappa shape index (κ1) is 11.5. The lowest BCUT2D eigenvalue weighted by atomic mass is 10.3. The van der Waals surface area contributed by atoms with Gasteiger partial charge >= 0.3 is 6.03 Å². The fraction of sp³-hybridized carbons (Fsp3) is 0.455. The summed E-state index contributed by atoms with van der Waals surface area (Å²) in [5, 5.41) is 2.85. The van der Waals surface area contributed by atoms with E-state index in [4.69, 9.17) is 0 Å². The first-order valence-corrected chi connectivity index (χ1v) is 5.17. The predicted molar refractivity (Wildman–Crippen MR) is 60.9 cm³/mol. The summed E-state index contributed by atoms with van der Waals surface area (Å²) < 4.78 is 0. The molecular formula is C11H17N3O. The van der Waals surface area contributed by atoms with Gasteiger partial charge in [-0.05, 0) is 18.6 Å². The highest BCUT2D eigenvalue weighted by atomic mass is 16.2. The van der Waals surface area contributed by atoms with Crippen molar-refractivity contribution in [3.05, 3.63) is 24.5 Å². The summed E-state index contributed by atoms with van der Waals surface area (Å²) in [4.78, 5) is 17.1. The Morgan fingerprint density at radius 2 is 2.13 bits per heavy atom. The number of pyridine rings is 1. The van der Waals surface area contributed by atoms with E-state index < -0.39 is 0 Å². The van der Waals surface area contributed by atoms with Crippen LogP contribution in [0.15, 0.2) is 24.5 Å². The zero-order valence-corrected chi connectivity index (χ0v) is 9.23. The quantitative estimate of drug-likeness (QED) is 0.768. The van der Waals surface area contributed by atoms with E-state index >= 15 is 0 Å². The molecule has 0 saturated carbocycles. The topological polar surface area (TPSA) is 45.2 Å². The molecule has 0 aliphatic heterocycles. The minimum absolute atomic E-state index is 0.0744. The van der Waals surface area contributed by atoms with E-state index in [2.05, 4.69) is 17.2 Å². The van der Waals surface area contributed by atoms with Crippen molar-refractivity contribution >= 4 is 11.7 Å². The molecule has 0 unspecified atom stereocenters. The SMILES string of the molecule is CCCCNC(=O)N(C)c1ccncc1. The first-order chi connectivity index (χ1) is 7.25. The van der Waals surface area contributed by atoms with Gasteiger partial charge in [0, 0.05) is 31.7 Å². The Morgan fingerprint density at radius 1 is 1.47 bits per heavy atom. The van der Waals surface area contributed by atoms with Crippen molar-refractivity contribution in [1.82, 2.24) is 10.3 Å². The number of carbonyl (C=O) groups excluding carboxylic acids is 1. The van der Waals surface area contributed by atoms with Crippen LogP contribution in [0.2, 0.25) is 0 Å². The van der Waals surface area contributed by atoms with E-state index in [1.54, 1.807) is 36.5 Å². The van der Waals surface area contributed by atoms with Gasteiger partial charge in [-0.25, -0.2) is 4.79 Å². The molecule has 4 nitrogen and oxygen atoms in total. The summed E-state index contributed by atoms with van der Waals surface area (Å²) in [5.74, 6) is 0. The molecule has 0 spiro atoms. The fourth-order valence-corrected chi connectivity index (χ4v) is 1.18. The van der Waals surface area contributed by atoms with Crippen LogP contribution in [0, 0.1) is 0 Å². The van der Waals surface area contributed by atoms with E-state index in [0.717, 1.165) is 25.1 Å². The average molecular weight is 207 g/mol. The number of amides is 2. The molecule has 15 heavy (non-hydrogen) atoms. The minimum Gasteiger partial charge on any atom is -0.338 e. The summed E-state index contributed by atoms with van der Waals surface area (Å²) in [7, 11) is 1.75. The second kappa shape index (κ2) is 6.01. The molecule has 1 rings (SSSR count). The second-order valence-electron chi connectivity index (χ2n) is 3.35. The molecular weight excluding hydrogens is 190 g/mol. The van der Waals surface area contributed by atoms with Crippen LogP contribution < -0.4 is 10.2 Å². The summed E-state index contributed by atoms with van der Waals surface area (Å²) in [6, 6.07) is 3.54. The molecule has 82 valence electrons. The molecule has 0 bridgehead atoms. The third-order valence-electron chi connectivity index (χ3n) is 2.16. The molecule has 1 N–H and O–H groups in total. The lowest BCUT2D eigenvalue weighted by Crippen LogP contribution is -2.37. The van der Waals surface area contributed by atoms with E-state index in [0.29, 0.717) is 0 Å². The van der Waals surface area contributed by atoms with Gasteiger partial charge in [0.25, 0.3) is 0 Å². The Labute approximate surface area is 90.3 Å². The van der Waals surface area contributed by atoms with Gasteiger partial charge in [0.2, 0.25) is 0 Å². The normalized spacial score (nSPS) is 9.73. The van der Waals surface area contributed by atoms with Crippen molar-refractivity contribution in [2.75, 3.05) is 18.5 Å². The highest BCUT2D eigenvalue weighted by molar-refractivity contribution is 5.91. The first-order valence-electron chi connectivity index (χ1n) is 5.17. The third-order valence-corrected chi connectivity index (χ3v) is 2.16. The summed E-state index contributed by atoms with van der Waals surface area (Å²) in [6.07, 6.45) is 5.44. The summed E-state index contributed by atoms with van der Waals surface area (Å²) >= 11 is 0. The number of hydrogen-bond acceptors (Lipinski definition) is 2. The van der Waals surface area contributed by atoms with Gasteiger partial charge < -0.3 is 5.32 Å². The number of rotatable bonds is 4. The van der Waals surface area contributed by atoms with Crippen LogP contribution in [0.25, 0.3) is 0 Å². The molecule has 2 amide bonds. The number of unbranched alkanes of at least 4 members (excludes halogenated alkanes) is 1. The Balaban J connectivity index is 2.46. The highest BCUT2D eigenvalue weighted by Gasteiger charge is 2.08. The predicted octanol–water partition coefficient (Wildman–Crippen LogP) is 2.03. The minimum atomic E-state index is -0.0744. The fourth-order valence-electron chi connectivity index (χ4n) is 1.18. The molecule has 0 aliphatic rings. The van der Waals surface area contributed by atoms with Crippen molar-refractivity contribution in [3.63, 3.8) is 0 Å². The van der Waals surface area contributed by atoms with E-state index in [1.807, 2.05) is 0 Å². The van der Waals surface area contributed by atoms with E-state index in [1.165, 1.54) is 0 Å². The third kappa shape index (κ3) is 3.58. The molecule has 0 fully saturated rings. The molecule has 4 heteroatoms. The maximum atomic E-state index is 11.6. The largest absolute Gasteiger partial charge is 0.338 e. The lowest BCUT2D eigenvalue weighted by molar-refractivity contribution is 0.247. The van der Waals surface area contributed by atoms with Gasteiger partial charge in [-0.1, -0.05) is 13.3 Å². The van der Waals surface area contributed by atoms with Gasteiger partial charge in [-0.15, -0.1) is 0 Å². The van der Waals surface area contributed by atoms with Gasteiger partial charge in [0.1, 0.15) is 0 Å². The number of anilines is 1. The Hall–Kier alpha value is -1.58. The summed E-state index contributed by atoms with van der Waals surface area (Å²) in [6.45, 7) is 2.82. The van der Waals surface area contributed by atoms with Gasteiger partial charge in [-0.2, -0.15) is 0 Å². The second-order valence-corrected chi connectivity index (χ2v) is 3.35. The number of carbonyl (C=O) groups is 1. The van der Waals surface area contributed by atoms with Crippen LogP contribution in [-0.2, 0) is 0 Å². The highest BCUT2D eigenvalue weighted by Crippen LogP contribution is 2.09. The zero-order valence-electron chi connectivity index (χ0n) is 9.23. The number of nitrogens with zero attached hydrogens (tertiary/aromatic N) is 2. The molecule has 1 heterocycles. The van der Waals surface area contributed by atoms with Gasteiger partial charge in [0.15, 0.2) is 0 Å². The monoisotopic (exact) mass is 207 g/mol. The molecule has 1 aromatic heterocycles. The van der Waals surface area contributed by atoms with Gasteiger partial charge in [-0.3, -0.25) is 9.88 Å². The molecule has 0 atom stereocenters. The average Bonchev–Trinajstić information content (AvgIpc) is 2.29. The van der Waals surface area contributed by atoms with Crippen LogP contribution in [0.1, 0.15) is 19.8 Å². The Bertz CT molecular complexity index is 300. The zero-order chi connectivity index (χ0) is 11.1. The molecule has 0 radical (unpaired) electrons. The number of nitrogens with one attached hydrogen (secondary N) is 1. The van der Waals surface area contributed by atoms with Crippen LogP contribution in [-0.4, -0.2) is 24.6 Å². The smallest absolute Gasteiger partial charge is 0.321 e. The number of urea groups is 1. The molecule has 0 saturated heterocycles. The Kier molecular flexibility index (Phi) is 4.60. The summed E-state index contributed by atoms with van der Waals surface area (Å²) in [5.41, 5.74) is 0.846.